The van der Waals surface area contributed by atoms with Crippen molar-refractivity contribution < 1.29 is 0 Å². The van der Waals surface area contributed by atoms with Crippen LogP contribution in [-0.2, 0) is 0 Å². The van der Waals surface area contributed by atoms with Crippen LogP contribution in [0.5, 0.6) is 0 Å². The zero-order valence-electron chi connectivity index (χ0n) is 13.0. The molecule has 3 nitrogen and oxygen atoms in total. The topological polar surface area (TPSA) is 41.1 Å². The summed E-state index contributed by atoms with van der Waals surface area (Å²) in [6, 6.07) is 18.9. The van der Waals surface area contributed by atoms with Gasteiger partial charge in [-0.1, -0.05) is 36.4 Å². The molecule has 0 aliphatic heterocycles. The van der Waals surface area contributed by atoms with Crippen LogP contribution in [0.25, 0.3) is 27.5 Å². The van der Waals surface area contributed by atoms with Crippen molar-refractivity contribution in [3.05, 3.63) is 71.7 Å². The van der Waals surface area contributed by atoms with Crippen molar-refractivity contribution in [1.82, 2.24) is 9.38 Å². The number of nitriles is 1. The molecule has 0 unspecified atom stereocenters. The van der Waals surface area contributed by atoms with E-state index in [1.807, 2.05) is 42.6 Å². The van der Waals surface area contributed by atoms with Gasteiger partial charge in [-0.05, 0) is 42.3 Å². The van der Waals surface area contributed by atoms with E-state index >= 15 is 0 Å². The van der Waals surface area contributed by atoms with Gasteiger partial charge in [0.15, 0.2) is 5.65 Å². The minimum Gasteiger partial charge on any atom is -0.304 e. The summed E-state index contributed by atoms with van der Waals surface area (Å²) >= 11 is 0. The van der Waals surface area contributed by atoms with Gasteiger partial charge in [0.05, 0.1) is 0 Å². The second-order valence-corrected chi connectivity index (χ2v) is 5.82. The molecule has 0 saturated carbocycles. The van der Waals surface area contributed by atoms with Crippen LogP contribution in [0, 0.1) is 25.2 Å². The lowest BCUT2D eigenvalue weighted by atomic mass is 10.0. The van der Waals surface area contributed by atoms with E-state index < -0.39 is 0 Å². The zero-order valence-corrected chi connectivity index (χ0v) is 13.0. The summed E-state index contributed by atoms with van der Waals surface area (Å²) in [7, 11) is 0. The summed E-state index contributed by atoms with van der Waals surface area (Å²) in [6.45, 7) is 3.99. The third-order valence-corrected chi connectivity index (χ3v) is 4.23. The highest BCUT2D eigenvalue weighted by Crippen LogP contribution is 2.30. The van der Waals surface area contributed by atoms with Gasteiger partial charge in [-0.25, -0.2) is 4.98 Å². The zero-order chi connectivity index (χ0) is 16.0. The lowest BCUT2D eigenvalue weighted by molar-refractivity contribution is 1.03. The van der Waals surface area contributed by atoms with Crippen LogP contribution >= 0.6 is 0 Å². The van der Waals surface area contributed by atoms with Crippen LogP contribution in [0.4, 0.5) is 0 Å². The Balaban J connectivity index is 2.04. The molecular formula is C20H15N3. The molecule has 0 aliphatic carbocycles. The Morgan fingerprint density at radius 1 is 1.00 bits per heavy atom. The third-order valence-electron chi connectivity index (χ3n) is 4.23. The van der Waals surface area contributed by atoms with Gasteiger partial charge in [0.1, 0.15) is 11.6 Å². The first-order valence-electron chi connectivity index (χ1n) is 7.56. The fourth-order valence-corrected chi connectivity index (χ4v) is 3.13. The standard InChI is InChI=1S/C20H15N3/c1-13-9-14(2)23-12-19(18(11-21)20(23)22-13)17-8-7-15-5-3-4-6-16(15)10-17/h3-10,12H,1-2H3. The summed E-state index contributed by atoms with van der Waals surface area (Å²) < 4.78 is 2.00. The largest absolute Gasteiger partial charge is 0.304 e. The molecule has 3 heteroatoms. The molecule has 0 radical (unpaired) electrons. The van der Waals surface area contributed by atoms with E-state index in [1.165, 1.54) is 10.8 Å². The highest BCUT2D eigenvalue weighted by Gasteiger charge is 2.15. The minimum absolute atomic E-state index is 0.632. The number of hydrogen-bond acceptors (Lipinski definition) is 2. The molecular weight excluding hydrogens is 282 g/mol. The molecule has 0 atom stereocenters. The van der Waals surface area contributed by atoms with Gasteiger partial charge < -0.3 is 4.40 Å². The first-order valence-corrected chi connectivity index (χ1v) is 7.56. The van der Waals surface area contributed by atoms with Gasteiger partial charge >= 0.3 is 0 Å². The number of hydrogen-bond donors (Lipinski definition) is 0. The van der Waals surface area contributed by atoms with E-state index in [9.17, 15) is 5.26 Å². The number of benzene rings is 2. The van der Waals surface area contributed by atoms with Crippen molar-refractivity contribution in [3.63, 3.8) is 0 Å². The Kier molecular flexibility index (Phi) is 2.92. The summed E-state index contributed by atoms with van der Waals surface area (Å²) in [5, 5.41) is 12.0. The normalized spacial score (nSPS) is 11.0. The molecule has 0 saturated heterocycles. The molecule has 0 N–H and O–H groups in total. The fraction of sp³-hybridized carbons (Fsp3) is 0.100. The maximum atomic E-state index is 9.66. The van der Waals surface area contributed by atoms with E-state index in [2.05, 4.69) is 41.4 Å². The molecule has 0 fully saturated rings. The highest BCUT2D eigenvalue weighted by molar-refractivity contribution is 5.89. The van der Waals surface area contributed by atoms with Crippen LogP contribution in [0.1, 0.15) is 17.0 Å². The molecule has 23 heavy (non-hydrogen) atoms. The summed E-state index contributed by atoms with van der Waals surface area (Å²) in [5.41, 5.74) is 5.34. The predicted octanol–water partition coefficient (Wildman–Crippen LogP) is 4.64. The highest BCUT2D eigenvalue weighted by atomic mass is 15.0. The third kappa shape index (κ3) is 2.08. The SMILES string of the molecule is Cc1cc(C)n2cc(-c3ccc4ccccc4c3)c(C#N)c2n1. The fourth-order valence-electron chi connectivity index (χ4n) is 3.13. The molecule has 2 heterocycles. The van der Waals surface area contributed by atoms with Crippen molar-refractivity contribution in [1.29, 1.82) is 5.26 Å². The van der Waals surface area contributed by atoms with Crippen LogP contribution in [0.15, 0.2) is 54.7 Å². The second-order valence-electron chi connectivity index (χ2n) is 5.82. The summed E-state index contributed by atoms with van der Waals surface area (Å²) in [5.74, 6) is 0. The Morgan fingerprint density at radius 3 is 2.57 bits per heavy atom. The molecule has 4 rings (SSSR count). The van der Waals surface area contributed by atoms with E-state index in [-0.39, 0.29) is 0 Å². The molecule has 2 aromatic heterocycles. The molecule has 0 amide bonds. The van der Waals surface area contributed by atoms with Gasteiger partial charge in [0.2, 0.25) is 0 Å². The summed E-state index contributed by atoms with van der Waals surface area (Å²) in [6.07, 6.45) is 2.01. The Morgan fingerprint density at radius 2 is 1.78 bits per heavy atom. The van der Waals surface area contributed by atoms with Crippen molar-refractivity contribution >= 4 is 16.4 Å². The van der Waals surface area contributed by atoms with Crippen LogP contribution in [-0.4, -0.2) is 9.38 Å². The van der Waals surface area contributed by atoms with Gasteiger partial charge in [-0.15, -0.1) is 0 Å². The average molecular weight is 297 g/mol. The minimum atomic E-state index is 0.632. The van der Waals surface area contributed by atoms with E-state index in [0.717, 1.165) is 28.2 Å². The van der Waals surface area contributed by atoms with E-state index in [4.69, 9.17) is 0 Å². The van der Waals surface area contributed by atoms with E-state index in [1.54, 1.807) is 0 Å². The monoisotopic (exact) mass is 297 g/mol. The van der Waals surface area contributed by atoms with Crippen molar-refractivity contribution in [2.45, 2.75) is 13.8 Å². The molecule has 110 valence electrons. The average Bonchev–Trinajstić information content (AvgIpc) is 2.93. The Labute approximate surface area is 134 Å². The smallest absolute Gasteiger partial charge is 0.155 e. The maximum absolute atomic E-state index is 9.66. The predicted molar refractivity (Wildman–Crippen MR) is 92.3 cm³/mol. The quantitative estimate of drug-likeness (QED) is 0.513. The Hall–Kier alpha value is -3.12. The second kappa shape index (κ2) is 4.96. The van der Waals surface area contributed by atoms with Gasteiger partial charge in [0.25, 0.3) is 0 Å². The maximum Gasteiger partial charge on any atom is 0.155 e. The number of aromatic nitrogens is 2. The lowest BCUT2D eigenvalue weighted by Gasteiger charge is -2.02. The number of aryl methyl sites for hydroxylation is 2. The van der Waals surface area contributed by atoms with Crippen LogP contribution in [0.3, 0.4) is 0 Å². The molecule has 2 aromatic carbocycles. The Bertz CT molecular complexity index is 1100. The van der Waals surface area contributed by atoms with Crippen LogP contribution < -0.4 is 0 Å². The molecule has 0 aliphatic rings. The molecule has 4 aromatic rings. The number of fused-ring (bicyclic) bond motifs is 2. The molecule has 0 bridgehead atoms. The van der Waals surface area contributed by atoms with Crippen molar-refractivity contribution in [2.75, 3.05) is 0 Å². The number of rotatable bonds is 1. The lowest BCUT2D eigenvalue weighted by Crippen LogP contribution is -1.94. The van der Waals surface area contributed by atoms with Crippen molar-refractivity contribution in [3.8, 4) is 17.2 Å². The van der Waals surface area contributed by atoms with E-state index in [0.29, 0.717) is 5.56 Å². The van der Waals surface area contributed by atoms with Crippen LogP contribution in [0.2, 0.25) is 0 Å². The van der Waals surface area contributed by atoms with Gasteiger partial charge in [-0.2, -0.15) is 5.26 Å². The van der Waals surface area contributed by atoms with Gasteiger partial charge in [0, 0.05) is 23.1 Å². The molecule has 0 spiro atoms. The number of nitrogens with zero attached hydrogens (tertiary/aromatic N) is 3. The van der Waals surface area contributed by atoms with Gasteiger partial charge in [-0.3, -0.25) is 0 Å². The summed E-state index contributed by atoms with van der Waals surface area (Å²) in [4.78, 5) is 4.56. The van der Waals surface area contributed by atoms with Crippen molar-refractivity contribution in [2.24, 2.45) is 0 Å². The first-order chi connectivity index (χ1) is 11.2. The first kappa shape index (κ1) is 13.5.